The Morgan fingerprint density at radius 1 is 1.30 bits per heavy atom. The fourth-order valence-electron chi connectivity index (χ4n) is 2.80. The van der Waals surface area contributed by atoms with E-state index in [1.165, 1.54) is 11.3 Å². The Balaban J connectivity index is 1.50. The van der Waals surface area contributed by atoms with Crippen molar-refractivity contribution in [2.24, 2.45) is 0 Å². The normalized spacial score (nSPS) is 20.6. The fraction of sp³-hybridized carbons (Fsp3) is 0.500. The highest BCUT2D eigenvalue weighted by Gasteiger charge is 2.27. The van der Waals surface area contributed by atoms with Crippen molar-refractivity contribution in [1.29, 1.82) is 0 Å². The summed E-state index contributed by atoms with van der Waals surface area (Å²) in [5.74, 6) is 0. The Morgan fingerprint density at radius 2 is 2.00 bits per heavy atom. The molecular formula is C14H18ClN3OS. The van der Waals surface area contributed by atoms with Gasteiger partial charge in [-0.1, -0.05) is 23.8 Å². The van der Waals surface area contributed by atoms with Crippen molar-refractivity contribution in [1.82, 2.24) is 9.80 Å². The summed E-state index contributed by atoms with van der Waals surface area (Å²) in [6.07, 6.45) is 6.54. The molecule has 108 valence electrons. The molecule has 0 aromatic carbocycles. The molecule has 1 fully saturated rings. The molecule has 3 heterocycles. The molecule has 20 heavy (non-hydrogen) atoms. The van der Waals surface area contributed by atoms with Gasteiger partial charge in [-0.2, -0.15) is 0 Å². The summed E-state index contributed by atoms with van der Waals surface area (Å²) in [6, 6.07) is 2.41. The van der Waals surface area contributed by atoms with Crippen molar-refractivity contribution in [3.05, 3.63) is 27.9 Å². The second-order valence-electron chi connectivity index (χ2n) is 5.18. The van der Waals surface area contributed by atoms with Gasteiger partial charge in [0.2, 0.25) is 0 Å². The van der Waals surface area contributed by atoms with Gasteiger partial charge in [-0.3, -0.25) is 4.90 Å². The van der Waals surface area contributed by atoms with Gasteiger partial charge in [0.25, 0.3) is 0 Å². The van der Waals surface area contributed by atoms with Crippen LogP contribution in [0.5, 0.6) is 0 Å². The molecule has 1 aromatic rings. The number of nitrogens with one attached hydrogen (secondary N) is 1. The lowest BCUT2D eigenvalue weighted by Gasteiger charge is -2.36. The maximum absolute atomic E-state index is 12.2. The Bertz CT molecular complexity index is 500. The molecule has 0 atom stereocenters. The molecule has 4 nitrogen and oxygen atoms in total. The van der Waals surface area contributed by atoms with E-state index in [2.05, 4.69) is 22.4 Å². The van der Waals surface area contributed by atoms with E-state index in [-0.39, 0.29) is 6.03 Å². The van der Waals surface area contributed by atoms with Crippen LogP contribution in [0.25, 0.3) is 0 Å². The van der Waals surface area contributed by atoms with Crippen LogP contribution in [0.15, 0.2) is 23.6 Å². The summed E-state index contributed by atoms with van der Waals surface area (Å²) in [6.45, 7) is 3.74. The van der Waals surface area contributed by atoms with Crippen molar-refractivity contribution in [2.75, 3.05) is 31.5 Å². The molecule has 1 saturated heterocycles. The van der Waals surface area contributed by atoms with Gasteiger partial charge in [-0.25, -0.2) is 4.79 Å². The van der Waals surface area contributed by atoms with Gasteiger partial charge >= 0.3 is 6.03 Å². The number of anilines is 1. The van der Waals surface area contributed by atoms with Crippen LogP contribution in [-0.2, 0) is 0 Å². The van der Waals surface area contributed by atoms with Crippen LogP contribution < -0.4 is 5.32 Å². The number of urea groups is 1. The zero-order chi connectivity index (χ0) is 13.9. The quantitative estimate of drug-likeness (QED) is 0.851. The number of thiophene rings is 1. The molecule has 0 saturated carbocycles. The van der Waals surface area contributed by atoms with Crippen LogP contribution in [0.1, 0.15) is 12.8 Å². The van der Waals surface area contributed by atoms with Gasteiger partial charge in [0, 0.05) is 32.2 Å². The maximum atomic E-state index is 12.2. The van der Waals surface area contributed by atoms with Crippen LogP contribution in [0.2, 0.25) is 4.34 Å². The lowest BCUT2D eigenvalue weighted by atomic mass is 10.0. The highest BCUT2D eigenvalue weighted by atomic mass is 35.5. The van der Waals surface area contributed by atoms with Gasteiger partial charge in [-0.05, 0) is 24.3 Å². The molecule has 3 rings (SSSR count). The fourth-order valence-corrected chi connectivity index (χ4v) is 3.64. The molecule has 0 bridgehead atoms. The third-order valence-corrected chi connectivity index (χ3v) is 5.14. The molecule has 0 aliphatic carbocycles. The first kappa shape index (κ1) is 13.9. The number of likely N-dealkylation sites (tertiary alicyclic amines) is 1. The molecular weight excluding hydrogens is 294 g/mol. The van der Waals surface area contributed by atoms with Crippen molar-refractivity contribution >= 4 is 34.7 Å². The van der Waals surface area contributed by atoms with E-state index in [4.69, 9.17) is 11.6 Å². The van der Waals surface area contributed by atoms with Crippen LogP contribution in [0.4, 0.5) is 10.5 Å². The van der Waals surface area contributed by atoms with Crippen LogP contribution in [0.3, 0.4) is 0 Å². The van der Waals surface area contributed by atoms with Crippen LogP contribution >= 0.6 is 22.9 Å². The predicted octanol–water partition coefficient (Wildman–Crippen LogP) is 3.27. The average molecular weight is 312 g/mol. The van der Waals surface area contributed by atoms with E-state index in [0.29, 0.717) is 16.1 Å². The lowest BCUT2D eigenvalue weighted by molar-refractivity contribution is 0.144. The molecule has 2 amide bonds. The number of hydrogen-bond acceptors (Lipinski definition) is 3. The first-order valence-corrected chi connectivity index (χ1v) is 8.18. The molecule has 6 heteroatoms. The first-order chi connectivity index (χ1) is 9.74. The lowest BCUT2D eigenvalue weighted by Crippen LogP contribution is -2.47. The molecule has 2 aliphatic heterocycles. The summed E-state index contributed by atoms with van der Waals surface area (Å²) in [5.41, 5.74) is 0.715. The number of carbonyl (C=O) groups excluding carboxylic acids is 1. The molecule has 1 aromatic heterocycles. The monoisotopic (exact) mass is 311 g/mol. The van der Waals surface area contributed by atoms with Gasteiger partial charge in [0.15, 0.2) is 0 Å². The summed E-state index contributed by atoms with van der Waals surface area (Å²) >= 11 is 7.43. The molecule has 0 unspecified atom stereocenters. The summed E-state index contributed by atoms with van der Waals surface area (Å²) < 4.78 is 0.636. The van der Waals surface area contributed by atoms with Crippen molar-refractivity contribution < 1.29 is 4.79 Å². The summed E-state index contributed by atoms with van der Waals surface area (Å²) in [7, 11) is 0. The third kappa shape index (κ3) is 3.00. The maximum Gasteiger partial charge on any atom is 0.321 e. The first-order valence-electron chi connectivity index (χ1n) is 6.92. The molecule has 1 N–H and O–H groups in total. The number of halogens is 1. The van der Waals surface area contributed by atoms with Gasteiger partial charge in [-0.15, -0.1) is 11.3 Å². The Morgan fingerprint density at radius 3 is 2.60 bits per heavy atom. The third-order valence-electron chi connectivity index (χ3n) is 3.97. The minimum Gasteiger partial charge on any atom is -0.324 e. The molecule has 0 radical (unpaired) electrons. The largest absolute Gasteiger partial charge is 0.324 e. The second-order valence-corrected chi connectivity index (χ2v) is 6.70. The van der Waals surface area contributed by atoms with E-state index in [0.717, 1.165) is 39.0 Å². The Hall–Kier alpha value is -1.04. The zero-order valence-electron chi connectivity index (χ0n) is 11.2. The minimum atomic E-state index is -0.0386. The van der Waals surface area contributed by atoms with E-state index in [1.54, 1.807) is 0 Å². The highest BCUT2D eigenvalue weighted by molar-refractivity contribution is 7.15. The Labute approximate surface area is 128 Å². The standard InChI is InChI=1S/C14H18ClN3OS/c15-13-12(5-10-20-13)16-14(19)18-8-3-11(4-9-18)17-6-1-2-7-17/h1-2,5,10-11H,3-4,6-9H2,(H,16,19). The summed E-state index contributed by atoms with van der Waals surface area (Å²) in [5, 5.41) is 4.76. The Kier molecular flexibility index (Phi) is 4.29. The second kappa shape index (κ2) is 6.16. The SMILES string of the molecule is O=C(Nc1ccsc1Cl)N1CCC(N2CC=CC2)CC1. The van der Waals surface area contributed by atoms with E-state index in [9.17, 15) is 4.79 Å². The number of piperidine rings is 1. The van der Waals surface area contributed by atoms with Crippen molar-refractivity contribution in [2.45, 2.75) is 18.9 Å². The predicted molar refractivity (Wildman–Crippen MR) is 83.7 cm³/mol. The minimum absolute atomic E-state index is 0.0386. The van der Waals surface area contributed by atoms with E-state index < -0.39 is 0 Å². The summed E-state index contributed by atoms with van der Waals surface area (Å²) in [4.78, 5) is 16.5. The van der Waals surface area contributed by atoms with Crippen LogP contribution in [0, 0.1) is 0 Å². The number of hydrogen-bond donors (Lipinski definition) is 1. The van der Waals surface area contributed by atoms with Crippen LogP contribution in [-0.4, -0.2) is 48.1 Å². The molecule has 0 spiro atoms. The van der Waals surface area contributed by atoms with E-state index >= 15 is 0 Å². The smallest absolute Gasteiger partial charge is 0.321 e. The molecule has 2 aliphatic rings. The van der Waals surface area contributed by atoms with Gasteiger partial charge < -0.3 is 10.2 Å². The van der Waals surface area contributed by atoms with Gasteiger partial charge in [0.05, 0.1) is 5.69 Å². The van der Waals surface area contributed by atoms with Gasteiger partial charge in [0.1, 0.15) is 4.34 Å². The van der Waals surface area contributed by atoms with Crippen molar-refractivity contribution in [3.63, 3.8) is 0 Å². The zero-order valence-corrected chi connectivity index (χ0v) is 12.8. The number of carbonyl (C=O) groups is 1. The number of amides is 2. The van der Waals surface area contributed by atoms with Crippen molar-refractivity contribution in [3.8, 4) is 0 Å². The number of nitrogens with zero attached hydrogens (tertiary/aromatic N) is 2. The number of rotatable bonds is 2. The van der Waals surface area contributed by atoms with E-state index in [1.807, 2.05) is 16.3 Å². The highest BCUT2D eigenvalue weighted by Crippen LogP contribution is 2.28. The topological polar surface area (TPSA) is 35.6 Å². The average Bonchev–Trinajstić information content (AvgIpc) is 3.12.